The van der Waals surface area contributed by atoms with Crippen molar-refractivity contribution in [1.29, 1.82) is 0 Å². The van der Waals surface area contributed by atoms with Gasteiger partial charge in [-0.2, -0.15) is 13.2 Å². The third-order valence-electron chi connectivity index (χ3n) is 9.54. The quantitative estimate of drug-likeness (QED) is 0.151. The van der Waals surface area contributed by atoms with Crippen molar-refractivity contribution in [3.63, 3.8) is 0 Å². The van der Waals surface area contributed by atoms with Gasteiger partial charge in [-0.05, 0) is 91.6 Å². The largest absolute Gasteiger partial charge is 0.416 e. The van der Waals surface area contributed by atoms with Crippen molar-refractivity contribution in [2.75, 3.05) is 13.1 Å². The van der Waals surface area contributed by atoms with E-state index in [4.69, 9.17) is 11.6 Å². The third-order valence-corrected chi connectivity index (χ3v) is 9.76. The summed E-state index contributed by atoms with van der Waals surface area (Å²) in [7, 11) is 0. The molecule has 1 saturated carbocycles. The van der Waals surface area contributed by atoms with E-state index in [0.29, 0.717) is 48.6 Å². The Kier molecular flexibility index (Phi) is 11.4. The summed E-state index contributed by atoms with van der Waals surface area (Å²) in [5.74, 6) is -2.49. The van der Waals surface area contributed by atoms with Crippen LogP contribution < -0.4 is 10.6 Å². The van der Waals surface area contributed by atoms with Crippen molar-refractivity contribution in [1.82, 2.24) is 15.5 Å². The monoisotopic (exact) mass is 705 g/mol. The molecule has 3 aromatic carbocycles. The predicted octanol–water partition coefficient (Wildman–Crippen LogP) is 7.59. The van der Waals surface area contributed by atoms with E-state index >= 15 is 0 Å². The average molecular weight is 706 g/mol. The van der Waals surface area contributed by atoms with E-state index in [9.17, 15) is 36.6 Å². The van der Waals surface area contributed by atoms with Crippen LogP contribution in [0.2, 0.25) is 5.02 Å². The third kappa shape index (κ3) is 8.61. The fourth-order valence-corrected chi connectivity index (χ4v) is 7.12. The minimum Gasteiger partial charge on any atom is -0.390 e. The van der Waals surface area contributed by atoms with E-state index < -0.39 is 47.0 Å². The summed E-state index contributed by atoms with van der Waals surface area (Å²) in [6.07, 6.45) is -0.990. The lowest BCUT2D eigenvalue weighted by atomic mass is 9.91. The number of fused-ring (bicyclic) bond motifs is 1. The molecule has 0 aromatic heterocycles. The zero-order valence-corrected chi connectivity index (χ0v) is 28.2. The highest BCUT2D eigenvalue weighted by molar-refractivity contribution is 6.31. The molecule has 2 aliphatic rings. The lowest BCUT2D eigenvalue weighted by Crippen LogP contribution is -2.50. The Bertz CT molecular complexity index is 1650. The van der Waals surface area contributed by atoms with Gasteiger partial charge in [0.15, 0.2) is 0 Å². The fourth-order valence-electron chi connectivity index (χ4n) is 6.90. The maximum atomic E-state index is 14.1. The first-order valence-electron chi connectivity index (χ1n) is 16.7. The molecule has 1 aliphatic carbocycles. The van der Waals surface area contributed by atoms with Gasteiger partial charge >= 0.3 is 6.18 Å². The van der Waals surface area contributed by atoms with Crippen LogP contribution >= 0.6 is 11.6 Å². The first-order chi connectivity index (χ1) is 23.2. The summed E-state index contributed by atoms with van der Waals surface area (Å²) in [6, 6.07) is 9.93. The van der Waals surface area contributed by atoms with Gasteiger partial charge < -0.3 is 20.6 Å². The number of nitrogens with zero attached hydrogens (tertiary/aromatic N) is 1. The Morgan fingerprint density at radius 1 is 1.02 bits per heavy atom. The van der Waals surface area contributed by atoms with Gasteiger partial charge in [-0.1, -0.05) is 50.4 Å². The molecule has 264 valence electrons. The second-order valence-electron chi connectivity index (χ2n) is 13.1. The number of aliphatic hydroxyl groups is 1. The van der Waals surface area contributed by atoms with Crippen molar-refractivity contribution in [2.45, 2.75) is 95.1 Å². The van der Waals surface area contributed by atoms with Crippen molar-refractivity contribution in [3.8, 4) is 0 Å². The van der Waals surface area contributed by atoms with Gasteiger partial charge in [0.25, 0.3) is 11.8 Å². The Hall–Kier alpha value is -3.54. The van der Waals surface area contributed by atoms with Crippen LogP contribution in [0.25, 0.3) is 0 Å². The van der Waals surface area contributed by atoms with Crippen molar-refractivity contribution in [2.24, 2.45) is 0 Å². The van der Waals surface area contributed by atoms with Gasteiger partial charge in [-0.25, -0.2) is 8.78 Å². The van der Waals surface area contributed by atoms with Crippen LogP contribution in [0.15, 0.2) is 54.6 Å². The molecule has 3 aromatic rings. The summed E-state index contributed by atoms with van der Waals surface area (Å²) < 4.78 is 68.5. The molecule has 5 rings (SSSR count). The summed E-state index contributed by atoms with van der Waals surface area (Å²) in [4.78, 5) is 29.5. The highest BCUT2D eigenvalue weighted by Gasteiger charge is 2.45. The number of hydrogen-bond donors (Lipinski definition) is 3. The lowest BCUT2D eigenvalue weighted by Gasteiger charge is -2.36. The second kappa shape index (κ2) is 15.1. The Labute approximate surface area is 288 Å². The molecule has 2 unspecified atom stereocenters. The van der Waals surface area contributed by atoms with Gasteiger partial charge in [-0.15, -0.1) is 0 Å². The highest BCUT2D eigenvalue weighted by Crippen LogP contribution is 2.46. The summed E-state index contributed by atoms with van der Waals surface area (Å²) in [5, 5.41) is 17.6. The van der Waals surface area contributed by atoms with Crippen LogP contribution in [0.1, 0.15) is 95.3 Å². The number of benzene rings is 3. The molecule has 2 amide bonds. The molecule has 1 heterocycles. The Balaban J connectivity index is 1.39. The summed E-state index contributed by atoms with van der Waals surface area (Å²) in [5.41, 5.74) is 0.0478. The normalized spacial score (nSPS) is 16.8. The van der Waals surface area contributed by atoms with Crippen LogP contribution in [0, 0.1) is 11.6 Å². The molecule has 12 heteroatoms. The lowest BCUT2D eigenvalue weighted by molar-refractivity contribution is -0.137. The van der Waals surface area contributed by atoms with Crippen molar-refractivity contribution >= 4 is 23.4 Å². The molecule has 0 bridgehead atoms. The molecule has 0 spiro atoms. The Morgan fingerprint density at radius 2 is 1.69 bits per heavy atom. The number of amides is 2. The van der Waals surface area contributed by atoms with Crippen LogP contribution in [-0.4, -0.2) is 53.1 Å². The Morgan fingerprint density at radius 3 is 2.31 bits per heavy atom. The first-order valence-corrected chi connectivity index (χ1v) is 17.1. The van der Waals surface area contributed by atoms with E-state index in [2.05, 4.69) is 24.5 Å². The van der Waals surface area contributed by atoms with E-state index in [1.807, 2.05) is 4.90 Å². The zero-order chi connectivity index (χ0) is 35.5. The number of aliphatic hydroxyl groups excluding tert-OH is 1. The summed E-state index contributed by atoms with van der Waals surface area (Å²) >= 11 is 6.44. The van der Waals surface area contributed by atoms with Crippen molar-refractivity contribution < 1.29 is 36.6 Å². The van der Waals surface area contributed by atoms with E-state index in [-0.39, 0.29) is 41.1 Å². The summed E-state index contributed by atoms with van der Waals surface area (Å²) in [6.45, 7) is 4.42. The molecular formula is C37H41ClF5N3O3. The SMILES string of the molecule is CCCC(CCC)N1CCc2c(C(=O)NC(Cc3cc(F)cc(F)c3)C(O)CNC3(c4cccc(C(F)(F)F)c4)CC3)cc(Cl)cc2C1=O. The van der Waals surface area contributed by atoms with Gasteiger partial charge in [0.2, 0.25) is 0 Å². The molecule has 1 aliphatic heterocycles. The van der Waals surface area contributed by atoms with Crippen molar-refractivity contribution in [3.05, 3.63) is 105 Å². The molecule has 49 heavy (non-hydrogen) atoms. The molecule has 1 fully saturated rings. The number of carbonyl (C=O) groups is 2. The fraction of sp³-hybridized carbons (Fsp3) is 0.459. The topological polar surface area (TPSA) is 81.7 Å². The molecule has 0 saturated heterocycles. The molecular weight excluding hydrogens is 665 g/mol. The van der Waals surface area contributed by atoms with Gasteiger partial charge in [0.05, 0.1) is 17.7 Å². The number of hydrogen-bond acceptors (Lipinski definition) is 4. The molecule has 0 radical (unpaired) electrons. The van der Waals surface area contributed by atoms with Gasteiger partial charge in [0.1, 0.15) is 11.6 Å². The number of carbonyl (C=O) groups excluding carboxylic acids is 2. The van der Waals surface area contributed by atoms with Crippen LogP contribution in [0.5, 0.6) is 0 Å². The van der Waals surface area contributed by atoms with Gasteiger partial charge in [-0.3, -0.25) is 9.59 Å². The predicted molar refractivity (Wildman–Crippen MR) is 177 cm³/mol. The van der Waals surface area contributed by atoms with E-state index in [1.165, 1.54) is 12.1 Å². The average Bonchev–Trinajstić information content (AvgIpc) is 3.84. The van der Waals surface area contributed by atoms with Crippen LogP contribution in [-0.2, 0) is 24.6 Å². The highest BCUT2D eigenvalue weighted by atomic mass is 35.5. The second-order valence-corrected chi connectivity index (χ2v) is 13.6. The maximum absolute atomic E-state index is 14.1. The number of nitrogens with one attached hydrogen (secondary N) is 2. The number of alkyl halides is 3. The van der Waals surface area contributed by atoms with E-state index in [1.54, 1.807) is 12.1 Å². The van der Waals surface area contributed by atoms with Crippen LogP contribution in [0.4, 0.5) is 22.0 Å². The number of halogens is 6. The minimum atomic E-state index is -4.52. The molecule has 3 N–H and O–H groups in total. The standard InChI is InChI=1S/C37H41ClF5N3O3/c1-3-6-28(7-4-2)46-13-10-29-30(18-25(38)19-31(29)35(46)49)34(48)45-32(16-22-14-26(39)20-27(40)15-22)33(47)21-44-36(11-12-36)23-8-5-9-24(17-23)37(41,42)43/h5,8-9,14-15,17-20,28,32-33,44,47H,3-4,6-7,10-13,16,21H2,1-2H3,(H,45,48). The van der Waals surface area contributed by atoms with E-state index in [0.717, 1.165) is 49.9 Å². The molecule has 2 atom stereocenters. The first kappa shape index (κ1) is 36.7. The van der Waals surface area contributed by atoms with Gasteiger partial charge in [0, 0.05) is 46.9 Å². The smallest absolute Gasteiger partial charge is 0.390 e. The number of rotatable bonds is 14. The molecule has 6 nitrogen and oxygen atoms in total. The van der Waals surface area contributed by atoms with Crippen LogP contribution in [0.3, 0.4) is 0 Å². The maximum Gasteiger partial charge on any atom is 0.416 e. The minimum absolute atomic E-state index is 0.0660. The zero-order valence-electron chi connectivity index (χ0n) is 27.5.